The fourth-order valence-corrected chi connectivity index (χ4v) is 5.34. The highest BCUT2D eigenvalue weighted by Gasteiger charge is 2.53. The monoisotopic (exact) mass is 312 g/mol. The standard InChI is InChI=1S/C20H24O3/c1-2-17-5-3-4-6-18(17)22-13-19(21)23-20-10-14-7-15(11-20)9-16(8-14)12-20/h2-6,14-16H,1,7-13H2. The van der Waals surface area contributed by atoms with Gasteiger partial charge < -0.3 is 9.47 Å². The van der Waals surface area contributed by atoms with Crippen molar-refractivity contribution >= 4 is 12.0 Å². The zero-order valence-corrected chi connectivity index (χ0v) is 13.5. The molecule has 23 heavy (non-hydrogen) atoms. The van der Waals surface area contributed by atoms with Crippen molar-refractivity contribution < 1.29 is 14.3 Å². The normalized spacial score (nSPS) is 34.2. The number of rotatable bonds is 5. The maximum Gasteiger partial charge on any atom is 0.344 e. The molecule has 4 fully saturated rings. The third-order valence-corrected chi connectivity index (χ3v) is 5.80. The summed E-state index contributed by atoms with van der Waals surface area (Å²) in [5.74, 6) is 2.78. The Bertz CT molecular complexity index is 584. The van der Waals surface area contributed by atoms with E-state index in [1.54, 1.807) is 6.08 Å². The zero-order valence-electron chi connectivity index (χ0n) is 13.5. The first kappa shape index (κ1) is 14.8. The van der Waals surface area contributed by atoms with Gasteiger partial charge in [0, 0.05) is 5.56 Å². The number of para-hydroxylation sites is 1. The topological polar surface area (TPSA) is 35.5 Å². The van der Waals surface area contributed by atoms with Crippen LogP contribution in [0.2, 0.25) is 0 Å². The van der Waals surface area contributed by atoms with E-state index < -0.39 is 0 Å². The second-order valence-electron chi connectivity index (χ2n) is 7.61. The van der Waals surface area contributed by atoms with Gasteiger partial charge in [0.15, 0.2) is 6.61 Å². The molecule has 0 N–H and O–H groups in total. The molecule has 4 saturated carbocycles. The van der Waals surface area contributed by atoms with Gasteiger partial charge in [0.25, 0.3) is 0 Å². The number of ether oxygens (including phenoxy) is 2. The highest BCUT2D eigenvalue weighted by atomic mass is 16.6. The largest absolute Gasteiger partial charge is 0.481 e. The molecule has 0 aliphatic heterocycles. The Morgan fingerprint density at radius 3 is 2.35 bits per heavy atom. The summed E-state index contributed by atoms with van der Waals surface area (Å²) < 4.78 is 11.6. The Hall–Kier alpha value is -1.77. The van der Waals surface area contributed by atoms with Crippen LogP contribution in [0.25, 0.3) is 6.08 Å². The van der Waals surface area contributed by atoms with Gasteiger partial charge in [-0.2, -0.15) is 0 Å². The number of hydrogen-bond donors (Lipinski definition) is 0. The lowest BCUT2D eigenvalue weighted by molar-refractivity contribution is -0.188. The molecule has 4 aliphatic rings. The van der Waals surface area contributed by atoms with Gasteiger partial charge in [0.05, 0.1) is 0 Å². The fraction of sp³-hybridized carbons (Fsp3) is 0.550. The number of carbonyl (C=O) groups is 1. The van der Waals surface area contributed by atoms with Crippen molar-refractivity contribution in [2.24, 2.45) is 17.8 Å². The summed E-state index contributed by atoms with van der Waals surface area (Å²) in [5, 5.41) is 0. The highest BCUT2D eigenvalue weighted by Crippen LogP contribution is 2.57. The van der Waals surface area contributed by atoms with Crippen LogP contribution in [0.1, 0.15) is 44.1 Å². The summed E-state index contributed by atoms with van der Waals surface area (Å²) in [7, 11) is 0. The highest BCUT2D eigenvalue weighted by molar-refractivity contribution is 5.72. The average Bonchev–Trinajstić information content (AvgIpc) is 2.51. The summed E-state index contributed by atoms with van der Waals surface area (Å²) >= 11 is 0. The lowest BCUT2D eigenvalue weighted by Gasteiger charge is -2.55. The van der Waals surface area contributed by atoms with Crippen molar-refractivity contribution in [1.29, 1.82) is 0 Å². The Morgan fingerprint density at radius 1 is 1.13 bits per heavy atom. The van der Waals surface area contributed by atoms with Crippen LogP contribution in [-0.4, -0.2) is 18.2 Å². The Labute approximate surface area is 137 Å². The maximum atomic E-state index is 12.3. The van der Waals surface area contributed by atoms with Crippen molar-refractivity contribution in [2.45, 2.75) is 44.1 Å². The van der Waals surface area contributed by atoms with Crippen LogP contribution >= 0.6 is 0 Å². The Morgan fingerprint density at radius 2 is 1.74 bits per heavy atom. The Kier molecular flexibility index (Phi) is 3.67. The first-order valence-corrected chi connectivity index (χ1v) is 8.72. The lowest BCUT2D eigenvalue weighted by Crippen LogP contribution is -2.53. The molecule has 0 spiro atoms. The van der Waals surface area contributed by atoms with Gasteiger partial charge >= 0.3 is 5.97 Å². The minimum Gasteiger partial charge on any atom is -0.481 e. The molecule has 1 aromatic rings. The van der Waals surface area contributed by atoms with Crippen LogP contribution in [0.3, 0.4) is 0 Å². The molecule has 0 unspecified atom stereocenters. The Balaban J connectivity index is 1.38. The average molecular weight is 312 g/mol. The van der Waals surface area contributed by atoms with Gasteiger partial charge in [0.1, 0.15) is 11.4 Å². The van der Waals surface area contributed by atoms with Gasteiger partial charge in [-0.1, -0.05) is 30.9 Å². The molecular formula is C20H24O3. The lowest BCUT2D eigenvalue weighted by atomic mass is 9.54. The maximum absolute atomic E-state index is 12.3. The van der Waals surface area contributed by atoms with Crippen molar-refractivity contribution in [3.63, 3.8) is 0 Å². The summed E-state index contributed by atoms with van der Waals surface area (Å²) in [6.45, 7) is 3.75. The van der Waals surface area contributed by atoms with Crippen molar-refractivity contribution in [3.8, 4) is 5.75 Å². The van der Waals surface area contributed by atoms with Crippen LogP contribution in [0.15, 0.2) is 30.8 Å². The van der Waals surface area contributed by atoms with Crippen LogP contribution in [0.5, 0.6) is 5.75 Å². The van der Waals surface area contributed by atoms with Crippen LogP contribution in [-0.2, 0) is 9.53 Å². The molecule has 3 heteroatoms. The number of carbonyl (C=O) groups excluding carboxylic acids is 1. The van der Waals surface area contributed by atoms with E-state index in [-0.39, 0.29) is 18.2 Å². The van der Waals surface area contributed by atoms with E-state index in [1.165, 1.54) is 19.3 Å². The smallest absolute Gasteiger partial charge is 0.344 e. The molecule has 122 valence electrons. The van der Waals surface area contributed by atoms with Crippen molar-refractivity contribution in [2.75, 3.05) is 6.61 Å². The predicted molar refractivity (Wildman–Crippen MR) is 89.0 cm³/mol. The minimum absolute atomic E-state index is 0.0212. The summed E-state index contributed by atoms with van der Waals surface area (Å²) in [6, 6.07) is 7.60. The predicted octanol–water partition coefficient (Wildman–Crippen LogP) is 4.22. The minimum atomic E-state index is -0.231. The van der Waals surface area contributed by atoms with Gasteiger partial charge in [-0.05, 0) is 62.3 Å². The summed E-state index contributed by atoms with van der Waals surface area (Å²) in [5.41, 5.74) is 0.711. The van der Waals surface area contributed by atoms with E-state index in [9.17, 15) is 4.79 Å². The molecule has 0 radical (unpaired) electrons. The quantitative estimate of drug-likeness (QED) is 0.764. The van der Waals surface area contributed by atoms with Crippen molar-refractivity contribution in [1.82, 2.24) is 0 Å². The molecule has 4 aliphatic carbocycles. The third kappa shape index (κ3) is 2.89. The summed E-state index contributed by atoms with van der Waals surface area (Å²) in [6.07, 6.45) is 8.97. The van der Waals surface area contributed by atoms with E-state index in [2.05, 4.69) is 6.58 Å². The van der Waals surface area contributed by atoms with Gasteiger partial charge in [-0.3, -0.25) is 0 Å². The second kappa shape index (κ2) is 5.70. The molecule has 5 rings (SSSR count). The second-order valence-corrected chi connectivity index (χ2v) is 7.61. The van der Waals surface area contributed by atoms with E-state index in [4.69, 9.17) is 9.47 Å². The SMILES string of the molecule is C=Cc1ccccc1OCC(=O)OC12CC3CC(CC(C3)C1)C2. The molecular weight excluding hydrogens is 288 g/mol. The third-order valence-electron chi connectivity index (χ3n) is 5.80. The molecule has 4 bridgehead atoms. The van der Waals surface area contributed by atoms with Crippen LogP contribution in [0, 0.1) is 17.8 Å². The van der Waals surface area contributed by atoms with E-state index in [0.29, 0.717) is 5.75 Å². The fourth-order valence-electron chi connectivity index (χ4n) is 5.34. The van der Waals surface area contributed by atoms with E-state index in [1.807, 2.05) is 24.3 Å². The van der Waals surface area contributed by atoms with E-state index >= 15 is 0 Å². The van der Waals surface area contributed by atoms with Gasteiger partial charge in [-0.15, -0.1) is 0 Å². The first-order valence-electron chi connectivity index (χ1n) is 8.72. The van der Waals surface area contributed by atoms with E-state index in [0.717, 1.165) is 42.6 Å². The molecule has 0 amide bonds. The first-order chi connectivity index (χ1) is 11.2. The molecule has 0 saturated heterocycles. The molecule has 1 aromatic carbocycles. The molecule has 0 aromatic heterocycles. The van der Waals surface area contributed by atoms with Crippen LogP contribution in [0.4, 0.5) is 0 Å². The summed E-state index contributed by atoms with van der Waals surface area (Å²) in [4.78, 5) is 12.3. The number of hydrogen-bond acceptors (Lipinski definition) is 3. The number of esters is 1. The van der Waals surface area contributed by atoms with Gasteiger partial charge in [0.2, 0.25) is 0 Å². The van der Waals surface area contributed by atoms with Crippen molar-refractivity contribution in [3.05, 3.63) is 36.4 Å². The zero-order chi connectivity index (χ0) is 15.9. The number of benzene rings is 1. The molecule has 0 heterocycles. The molecule has 3 nitrogen and oxygen atoms in total. The molecule has 0 atom stereocenters. The van der Waals surface area contributed by atoms with Crippen LogP contribution < -0.4 is 4.74 Å². The van der Waals surface area contributed by atoms with Gasteiger partial charge in [-0.25, -0.2) is 4.79 Å².